The third kappa shape index (κ3) is 5.36. The van der Waals surface area contributed by atoms with Gasteiger partial charge in [0.1, 0.15) is 0 Å². The number of thiophene rings is 1. The van der Waals surface area contributed by atoms with Crippen LogP contribution in [0.4, 0.5) is 0 Å². The van der Waals surface area contributed by atoms with Crippen LogP contribution in [0.2, 0.25) is 0 Å². The Morgan fingerprint density at radius 1 is 1.40 bits per heavy atom. The van der Waals surface area contributed by atoms with E-state index in [9.17, 15) is 4.79 Å². The van der Waals surface area contributed by atoms with E-state index in [1.807, 2.05) is 13.0 Å². The zero-order valence-electron chi connectivity index (χ0n) is 12.7. The number of rotatable bonds is 5. The topological polar surface area (TPSA) is 55.1 Å². The number of aryl methyl sites for hydroxylation is 1. The summed E-state index contributed by atoms with van der Waals surface area (Å²) in [5, 5.41) is 3.05. The summed E-state index contributed by atoms with van der Waals surface area (Å²) in [6.07, 6.45) is 2.13. The highest BCUT2D eigenvalue weighted by Gasteiger charge is 2.14. The van der Waals surface area contributed by atoms with Crippen molar-refractivity contribution in [2.75, 3.05) is 6.54 Å². The van der Waals surface area contributed by atoms with Gasteiger partial charge in [-0.3, -0.25) is 4.79 Å². The van der Waals surface area contributed by atoms with Gasteiger partial charge in [-0.2, -0.15) is 0 Å². The van der Waals surface area contributed by atoms with Gasteiger partial charge < -0.3 is 11.1 Å². The van der Waals surface area contributed by atoms with Crippen LogP contribution in [0.1, 0.15) is 53.7 Å². The summed E-state index contributed by atoms with van der Waals surface area (Å²) in [6, 6.07) is 2.10. The van der Waals surface area contributed by atoms with Gasteiger partial charge in [-0.25, -0.2) is 0 Å². The van der Waals surface area contributed by atoms with E-state index in [0.717, 1.165) is 28.2 Å². The van der Waals surface area contributed by atoms with Gasteiger partial charge in [0.05, 0.1) is 16.3 Å². The first-order valence-corrected chi connectivity index (χ1v) is 7.86. The smallest absolute Gasteiger partial charge is 0.261 e. The Labute approximate surface area is 126 Å². The van der Waals surface area contributed by atoms with E-state index in [4.69, 9.17) is 5.73 Å². The lowest BCUT2D eigenvalue weighted by molar-refractivity contribution is 0.0941. The second-order valence-electron chi connectivity index (χ2n) is 5.47. The maximum Gasteiger partial charge on any atom is 0.261 e. The van der Waals surface area contributed by atoms with Crippen molar-refractivity contribution >= 4 is 17.2 Å². The minimum absolute atomic E-state index is 0.00449. The van der Waals surface area contributed by atoms with Gasteiger partial charge in [-0.05, 0) is 44.2 Å². The van der Waals surface area contributed by atoms with Crippen molar-refractivity contribution in [3.05, 3.63) is 21.4 Å². The first kappa shape index (κ1) is 16.7. The van der Waals surface area contributed by atoms with Gasteiger partial charge in [-0.1, -0.05) is 25.7 Å². The highest BCUT2D eigenvalue weighted by molar-refractivity contribution is 7.14. The molecule has 1 unspecified atom stereocenters. The first-order chi connectivity index (χ1) is 9.43. The predicted molar refractivity (Wildman–Crippen MR) is 86.0 cm³/mol. The average Bonchev–Trinajstić information content (AvgIpc) is 2.75. The summed E-state index contributed by atoms with van der Waals surface area (Å²) in [6.45, 7) is 8.75. The SMILES string of the molecule is Cc1cc(C(=O)NC(C)CCC(C)C)sc1C#CCN. The first-order valence-electron chi connectivity index (χ1n) is 7.04. The Hall–Kier alpha value is -1.31. The molecule has 0 aromatic carbocycles. The van der Waals surface area contributed by atoms with Crippen LogP contribution in [-0.2, 0) is 0 Å². The summed E-state index contributed by atoms with van der Waals surface area (Å²) >= 11 is 1.43. The lowest BCUT2D eigenvalue weighted by Gasteiger charge is -2.14. The number of nitrogens with one attached hydrogen (secondary N) is 1. The molecule has 20 heavy (non-hydrogen) atoms. The highest BCUT2D eigenvalue weighted by atomic mass is 32.1. The quantitative estimate of drug-likeness (QED) is 0.820. The normalized spacial score (nSPS) is 11.9. The van der Waals surface area contributed by atoms with Gasteiger partial charge in [0.25, 0.3) is 5.91 Å². The molecule has 0 radical (unpaired) electrons. The number of hydrogen-bond acceptors (Lipinski definition) is 3. The second-order valence-corrected chi connectivity index (χ2v) is 6.53. The van der Waals surface area contributed by atoms with Gasteiger partial charge in [-0.15, -0.1) is 11.3 Å². The number of hydrogen-bond donors (Lipinski definition) is 2. The van der Waals surface area contributed by atoms with Crippen molar-refractivity contribution in [3.8, 4) is 11.8 Å². The zero-order chi connectivity index (χ0) is 15.1. The van der Waals surface area contributed by atoms with Crippen LogP contribution in [0.5, 0.6) is 0 Å². The van der Waals surface area contributed by atoms with E-state index in [2.05, 4.69) is 37.9 Å². The van der Waals surface area contributed by atoms with Crippen molar-refractivity contribution in [1.29, 1.82) is 0 Å². The molecule has 0 spiro atoms. The van der Waals surface area contributed by atoms with E-state index in [1.165, 1.54) is 11.3 Å². The van der Waals surface area contributed by atoms with Crippen molar-refractivity contribution < 1.29 is 4.79 Å². The van der Waals surface area contributed by atoms with Gasteiger partial charge in [0.2, 0.25) is 0 Å². The molecule has 3 nitrogen and oxygen atoms in total. The molecule has 110 valence electrons. The van der Waals surface area contributed by atoms with Crippen LogP contribution in [0.3, 0.4) is 0 Å². The van der Waals surface area contributed by atoms with Crippen molar-refractivity contribution in [3.63, 3.8) is 0 Å². The molecule has 0 bridgehead atoms. The fourth-order valence-corrected chi connectivity index (χ4v) is 2.75. The molecule has 4 heteroatoms. The monoisotopic (exact) mass is 292 g/mol. The minimum atomic E-state index is -0.00449. The maximum absolute atomic E-state index is 12.2. The van der Waals surface area contributed by atoms with E-state index in [1.54, 1.807) is 0 Å². The van der Waals surface area contributed by atoms with E-state index < -0.39 is 0 Å². The van der Waals surface area contributed by atoms with Crippen molar-refractivity contribution in [1.82, 2.24) is 5.32 Å². The lowest BCUT2D eigenvalue weighted by atomic mass is 10.0. The van der Waals surface area contributed by atoms with Crippen molar-refractivity contribution in [2.24, 2.45) is 11.7 Å². The minimum Gasteiger partial charge on any atom is -0.349 e. The molecule has 0 aliphatic rings. The molecule has 1 aromatic heterocycles. The molecular formula is C16H24N2OS. The summed E-state index contributed by atoms with van der Waals surface area (Å²) in [7, 11) is 0. The maximum atomic E-state index is 12.2. The number of nitrogens with two attached hydrogens (primary N) is 1. The van der Waals surface area contributed by atoms with Gasteiger partial charge >= 0.3 is 0 Å². The summed E-state index contributed by atoms with van der Waals surface area (Å²) in [5.74, 6) is 6.49. The van der Waals surface area contributed by atoms with Crippen LogP contribution in [0.15, 0.2) is 6.07 Å². The Morgan fingerprint density at radius 3 is 2.70 bits per heavy atom. The summed E-state index contributed by atoms with van der Waals surface area (Å²) in [4.78, 5) is 13.8. The Kier molecular flexibility index (Phi) is 6.77. The Balaban J connectivity index is 2.64. The average molecular weight is 292 g/mol. The van der Waals surface area contributed by atoms with Crippen LogP contribution >= 0.6 is 11.3 Å². The van der Waals surface area contributed by atoms with E-state index in [-0.39, 0.29) is 11.9 Å². The summed E-state index contributed by atoms with van der Waals surface area (Å²) in [5.41, 5.74) is 6.41. The molecule has 0 saturated heterocycles. The fourth-order valence-electron chi connectivity index (χ4n) is 1.80. The molecule has 0 fully saturated rings. The van der Waals surface area contributed by atoms with E-state index in [0.29, 0.717) is 12.5 Å². The number of carbonyl (C=O) groups is 1. The Morgan fingerprint density at radius 2 is 2.10 bits per heavy atom. The highest BCUT2D eigenvalue weighted by Crippen LogP contribution is 2.21. The molecule has 0 aliphatic heterocycles. The molecule has 3 N–H and O–H groups in total. The lowest BCUT2D eigenvalue weighted by Crippen LogP contribution is -2.32. The van der Waals surface area contributed by atoms with Crippen LogP contribution < -0.4 is 11.1 Å². The molecular weight excluding hydrogens is 268 g/mol. The van der Waals surface area contributed by atoms with Crippen LogP contribution in [-0.4, -0.2) is 18.5 Å². The van der Waals surface area contributed by atoms with Gasteiger partial charge in [0, 0.05) is 6.04 Å². The predicted octanol–water partition coefficient (Wildman–Crippen LogP) is 2.92. The largest absolute Gasteiger partial charge is 0.349 e. The third-order valence-corrected chi connectivity index (χ3v) is 4.15. The number of amides is 1. The standard InChI is InChI=1S/C16H24N2OS/c1-11(2)7-8-13(4)18-16(19)15-10-12(3)14(20-15)6-5-9-17/h10-11,13H,7-9,17H2,1-4H3,(H,18,19). The fraction of sp³-hybridized carbons (Fsp3) is 0.562. The zero-order valence-corrected chi connectivity index (χ0v) is 13.6. The van der Waals surface area contributed by atoms with Crippen molar-refractivity contribution in [2.45, 2.75) is 46.6 Å². The summed E-state index contributed by atoms with van der Waals surface area (Å²) < 4.78 is 0. The van der Waals surface area contributed by atoms with Gasteiger partial charge in [0.15, 0.2) is 0 Å². The van der Waals surface area contributed by atoms with Crippen LogP contribution in [0, 0.1) is 24.7 Å². The molecule has 1 atom stereocenters. The number of carbonyl (C=O) groups excluding carboxylic acids is 1. The molecule has 0 saturated carbocycles. The molecule has 0 aliphatic carbocycles. The van der Waals surface area contributed by atoms with E-state index >= 15 is 0 Å². The van der Waals surface area contributed by atoms with Crippen LogP contribution in [0.25, 0.3) is 0 Å². The third-order valence-electron chi connectivity index (χ3n) is 3.00. The molecule has 1 aromatic rings. The molecule has 1 rings (SSSR count). The molecule has 1 heterocycles. The second kappa shape index (κ2) is 8.08. The molecule has 1 amide bonds. The Bertz CT molecular complexity index is 508.